The van der Waals surface area contributed by atoms with Crippen LogP contribution in [0.15, 0.2) is 29.4 Å². The molecule has 1 atom stereocenters. The summed E-state index contributed by atoms with van der Waals surface area (Å²) in [6.07, 6.45) is -5.36. The molecule has 1 unspecified atom stereocenters. The summed E-state index contributed by atoms with van der Waals surface area (Å²) in [6, 6.07) is 4.94. The maximum atomic E-state index is 11.9. The Hall–Kier alpha value is -0.750. The number of hydrogen-bond donors (Lipinski definition) is 1. The summed E-state index contributed by atoms with van der Waals surface area (Å²) in [5.41, 5.74) is 0. The van der Waals surface area contributed by atoms with Gasteiger partial charge in [0.25, 0.3) is 0 Å². The molecule has 1 N–H and O–H groups in total. The highest BCUT2D eigenvalue weighted by Gasteiger charge is 2.37. The van der Waals surface area contributed by atoms with Gasteiger partial charge in [-0.15, -0.1) is 11.8 Å². The summed E-state index contributed by atoms with van der Waals surface area (Å²) in [5, 5.41) is 9.14. The number of hydrogen-bond acceptors (Lipinski definition) is 3. The van der Waals surface area contributed by atoms with Crippen molar-refractivity contribution in [1.82, 2.24) is 4.98 Å². The molecule has 78 valence electrons. The lowest BCUT2D eigenvalue weighted by Crippen LogP contribution is -2.30. The van der Waals surface area contributed by atoms with Gasteiger partial charge in [-0.25, -0.2) is 4.98 Å². The summed E-state index contributed by atoms with van der Waals surface area (Å²) in [7, 11) is 0. The highest BCUT2D eigenvalue weighted by atomic mass is 32.2. The molecule has 0 saturated heterocycles. The van der Waals surface area contributed by atoms with Crippen LogP contribution in [-0.4, -0.2) is 28.1 Å². The summed E-state index contributed by atoms with van der Waals surface area (Å²) in [5.74, 6) is -0.430. The second kappa shape index (κ2) is 4.65. The van der Waals surface area contributed by atoms with Gasteiger partial charge in [0, 0.05) is 11.9 Å². The largest absolute Gasteiger partial charge is 0.415 e. The van der Waals surface area contributed by atoms with Gasteiger partial charge in [-0.3, -0.25) is 0 Å². The summed E-state index contributed by atoms with van der Waals surface area (Å²) in [6.45, 7) is 0. The molecule has 1 rings (SSSR count). The van der Waals surface area contributed by atoms with E-state index in [0.29, 0.717) is 5.03 Å². The Morgan fingerprint density at radius 2 is 2.14 bits per heavy atom. The predicted octanol–water partition coefficient (Wildman–Crippen LogP) is 2.10. The van der Waals surface area contributed by atoms with Crippen LogP contribution in [0.4, 0.5) is 13.2 Å². The van der Waals surface area contributed by atoms with Gasteiger partial charge in [-0.05, 0) is 12.1 Å². The molecule has 0 aliphatic rings. The molecule has 2 nitrogen and oxygen atoms in total. The number of halogens is 3. The van der Waals surface area contributed by atoms with E-state index in [1.807, 2.05) is 0 Å². The number of aromatic nitrogens is 1. The average molecular weight is 223 g/mol. The van der Waals surface area contributed by atoms with E-state index in [0.717, 1.165) is 11.8 Å². The van der Waals surface area contributed by atoms with Crippen molar-refractivity contribution < 1.29 is 18.3 Å². The molecule has 0 amide bonds. The minimum Gasteiger partial charge on any atom is -0.383 e. The molecule has 0 aromatic carbocycles. The van der Waals surface area contributed by atoms with Gasteiger partial charge in [-0.1, -0.05) is 6.07 Å². The molecular formula is C8H8F3NOS. The fraction of sp³-hybridized carbons (Fsp3) is 0.375. The van der Waals surface area contributed by atoms with Crippen molar-refractivity contribution in [3.63, 3.8) is 0 Å². The van der Waals surface area contributed by atoms with Crippen LogP contribution in [0.3, 0.4) is 0 Å². The molecule has 0 aliphatic carbocycles. The zero-order valence-electron chi connectivity index (χ0n) is 7.03. The Morgan fingerprint density at radius 1 is 1.43 bits per heavy atom. The number of rotatable bonds is 3. The molecule has 0 aliphatic heterocycles. The third kappa shape index (κ3) is 3.55. The second-order valence-corrected chi connectivity index (χ2v) is 3.58. The van der Waals surface area contributed by atoms with E-state index in [1.54, 1.807) is 18.2 Å². The van der Waals surface area contributed by atoms with Crippen molar-refractivity contribution in [1.29, 1.82) is 0 Å². The van der Waals surface area contributed by atoms with E-state index in [-0.39, 0.29) is 0 Å². The van der Waals surface area contributed by atoms with Gasteiger partial charge in [-0.2, -0.15) is 13.2 Å². The third-order valence-corrected chi connectivity index (χ3v) is 2.42. The quantitative estimate of drug-likeness (QED) is 0.796. The number of nitrogens with zero attached hydrogens (tertiary/aromatic N) is 1. The average Bonchev–Trinajstić information content (AvgIpc) is 2.14. The van der Waals surface area contributed by atoms with E-state index in [1.165, 1.54) is 6.20 Å². The van der Waals surface area contributed by atoms with Gasteiger partial charge in [0.05, 0.1) is 5.03 Å². The van der Waals surface area contributed by atoms with Crippen molar-refractivity contribution in [3.8, 4) is 0 Å². The molecule has 0 bridgehead atoms. The van der Waals surface area contributed by atoms with Crippen LogP contribution in [0.5, 0.6) is 0 Å². The summed E-state index contributed by atoms with van der Waals surface area (Å²) in [4.78, 5) is 3.82. The monoisotopic (exact) mass is 223 g/mol. The van der Waals surface area contributed by atoms with E-state index in [2.05, 4.69) is 4.98 Å². The van der Waals surface area contributed by atoms with Crippen LogP contribution in [0.1, 0.15) is 0 Å². The molecule has 1 aromatic heterocycles. The van der Waals surface area contributed by atoms with Crippen molar-refractivity contribution in [3.05, 3.63) is 24.4 Å². The molecule has 1 heterocycles. The maximum absolute atomic E-state index is 11.9. The Labute approximate surface area is 83.2 Å². The van der Waals surface area contributed by atoms with Crippen molar-refractivity contribution in [2.45, 2.75) is 17.3 Å². The van der Waals surface area contributed by atoms with Gasteiger partial charge in [0.1, 0.15) is 0 Å². The molecule has 0 radical (unpaired) electrons. The van der Waals surface area contributed by atoms with Gasteiger partial charge < -0.3 is 5.11 Å². The van der Waals surface area contributed by atoms with Crippen LogP contribution in [0, 0.1) is 0 Å². The molecular weight excluding hydrogens is 215 g/mol. The summed E-state index contributed by atoms with van der Waals surface area (Å²) >= 11 is 0.874. The fourth-order valence-corrected chi connectivity index (χ4v) is 1.52. The Morgan fingerprint density at radius 3 is 2.64 bits per heavy atom. The van der Waals surface area contributed by atoms with Crippen LogP contribution in [-0.2, 0) is 0 Å². The molecule has 14 heavy (non-hydrogen) atoms. The Kier molecular flexibility index (Phi) is 3.77. The van der Waals surface area contributed by atoms with Gasteiger partial charge >= 0.3 is 6.18 Å². The van der Waals surface area contributed by atoms with E-state index in [9.17, 15) is 13.2 Å². The molecule has 0 saturated carbocycles. The highest BCUT2D eigenvalue weighted by Crippen LogP contribution is 2.25. The molecule has 1 aromatic rings. The minimum absolute atomic E-state index is 0.430. The first-order valence-corrected chi connectivity index (χ1v) is 4.77. The van der Waals surface area contributed by atoms with Gasteiger partial charge in [0.15, 0.2) is 6.10 Å². The highest BCUT2D eigenvalue weighted by molar-refractivity contribution is 7.99. The number of pyridine rings is 1. The topological polar surface area (TPSA) is 33.1 Å². The van der Waals surface area contributed by atoms with Crippen molar-refractivity contribution in [2.75, 3.05) is 5.75 Å². The number of thioether (sulfide) groups is 1. The Bertz CT molecular complexity index is 278. The summed E-state index contributed by atoms with van der Waals surface area (Å²) < 4.78 is 35.6. The minimum atomic E-state index is -4.55. The van der Waals surface area contributed by atoms with Crippen LogP contribution in [0.25, 0.3) is 0 Å². The van der Waals surface area contributed by atoms with Crippen LogP contribution < -0.4 is 0 Å². The van der Waals surface area contributed by atoms with E-state index in [4.69, 9.17) is 5.11 Å². The lowest BCUT2D eigenvalue weighted by atomic mass is 10.4. The lowest BCUT2D eigenvalue weighted by Gasteiger charge is -2.13. The number of aliphatic hydroxyl groups excluding tert-OH is 1. The van der Waals surface area contributed by atoms with Crippen LogP contribution >= 0.6 is 11.8 Å². The SMILES string of the molecule is OC(CSc1ccccn1)C(F)(F)F. The molecule has 0 spiro atoms. The predicted molar refractivity (Wildman–Crippen MR) is 47.0 cm³/mol. The second-order valence-electron chi connectivity index (χ2n) is 2.54. The van der Waals surface area contributed by atoms with Crippen molar-refractivity contribution in [2.24, 2.45) is 0 Å². The standard InChI is InChI=1S/C8H8F3NOS/c9-8(10,11)6(13)5-14-7-3-1-2-4-12-7/h1-4,6,13H,5H2. The third-order valence-electron chi connectivity index (χ3n) is 1.40. The number of aliphatic hydroxyl groups is 1. The fourth-order valence-electron chi connectivity index (χ4n) is 0.691. The Balaban J connectivity index is 2.42. The van der Waals surface area contributed by atoms with Crippen molar-refractivity contribution >= 4 is 11.8 Å². The zero-order chi connectivity index (χ0) is 10.6. The zero-order valence-corrected chi connectivity index (χ0v) is 7.85. The van der Waals surface area contributed by atoms with Crippen LogP contribution in [0.2, 0.25) is 0 Å². The van der Waals surface area contributed by atoms with Gasteiger partial charge in [0.2, 0.25) is 0 Å². The first-order valence-electron chi connectivity index (χ1n) is 3.79. The maximum Gasteiger partial charge on any atom is 0.415 e. The van der Waals surface area contributed by atoms with E-state index >= 15 is 0 Å². The lowest BCUT2D eigenvalue weighted by molar-refractivity contribution is -0.195. The first-order chi connectivity index (χ1) is 6.50. The van der Waals surface area contributed by atoms with E-state index < -0.39 is 18.0 Å². The number of alkyl halides is 3. The first kappa shape index (κ1) is 11.3. The normalized spacial score (nSPS) is 14.0. The molecule has 6 heteroatoms. The molecule has 0 fully saturated rings. The smallest absolute Gasteiger partial charge is 0.383 e.